The summed E-state index contributed by atoms with van der Waals surface area (Å²) in [7, 11) is 0. The average Bonchev–Trinajstić information content (AvgIpc) is 2.31. The van der Waals surface area contributed by atoms with E-state index in [2.05, 4.69) is 19.8 Å². The summed E-state index contributed by atoms with van der Waals surface area (Å²) in [5.74, 6) is 4.06. The van der Waals surface area contributed by atoms with Crippen molar-refractivity contribution in [3.05, 3.63) is 18.6 Å². The summed E-state index contributed by atoms with van der Waals surface area (Å²) >= 11 is 3.62. The predicted molar refractivity (Wildman–Crippen MR) is 72.6 cm³/mol. The summed E-state index contributed by atoms with van der Waals surface area (Å²) in [5.41, 5.74) is 0. The molecule has 4 nitrogen and oxygen atoms in total. The monoisotopic (exact) mass is 350 g/mol. The Morgan fingerprint density at radius 3 is 3.12 bits per heavy atom. The molecule has 0 spiro atoms. The van der Waals surface area contributed by atoms with E-state index in [9.17, 15) is 0 Å². The van der Waals surface area contributed by atoms with Crippen molar-refractivity contribution in [3.63, 3.8) is 0 Å². The molecule has 0 saturated carbocycles. The van der Waals surface area contributed by atoms with Crippen molar-refractivity contribution in [3.8, 4) is 15.7 Å². The Morgan fingerprint density at radius 1 is 1.62 bits per heavy atom. The lowest BCUT2D eigenvalue weighted by molar-refractivity contribution is -0.0516. The third-order valence-corrected chi connectivity index (χ3v) is 2.50. The van der Waals surface area contributed by atoms with Crippen molar-refractivity contribution in [1.82, 2.24) is 9.97 Å². The Bertz CT molecular complexity index is 353. The van der Waals surface area contributed by atoms with Crippen LogP contribution >= 0.6 is 34.4 Å². The molecule has 0 aliphatic rings. The second kappa shape index (κ2) is 8.61. The van der Waals surface area contributed by atoms with Crippen LogP contribution in [0.4, 0.5) is 0 Å². The number of halogens is 1. The molecule has 0 amide bonds. The molecule has 1 aromatic heterocycles. The van der Waals surface area contributed by atoms with Crippen LogP contribution in [0.25, 0.3) is 0 Å². The van der Waals surface area contributed by atoms with Gasteiger partial charge in [-0.3, -0.25) is 0 Å². The zero-order valence-electron chi connectivity index (χ0n) is 8.72. The lowest BCUT2D eigenvalue weighted by atomic mass is 10.6. The van der Waals surface area contributed by atoms with E-state index in [0.29, 0.717) is 12.5 Å². The Hall–Kier alpha value is -0.520. The third kappa shape index (κ3) is 5.53. The molecular weight excluding hydrogens is 339 g/mol. The minimum atomic E-state index is -0.331. The first-order valence-electron chi connectivity index (χ1n) is 4.48. The van der Waals surface area contributed by atoms with Gasteiger partial charge in [-0.1, -0.05) is 5.92 Å². The maximum Gasteiger partial charge on any atom is 0.218 e. The van der Waals surface area contributed by atoms with E-state index in [1.165, 1.54) is 6.33 Å². The number of nitrogens with zero attached hydrogens (tertiary/aromatic N) is 2. The first-order valence-corrected chi connectivity index (χ1v) is 6.95. The van der Waals surface area contributed by atoms with E-state index in [1.54, 1.807) is 24.0 Å². The van der Waals surface area contributed by atoms with Gasteiger partial charge in [0.05, 0.1) is 5.75 Å². The molecule has 1 unspecified atom stereocenters. The topological polar surface area (TPSA) is 44.2 Å². The fraction of sp³-hybridized carbons (Fsp3) is 0.400. The van der Waals surface area contributed by atoms with E-state index < -0.39 is 0 Å². The highest BCUT2D eigenvalue weighted by Gasteiger charge is 2.10. The first-order chi connectivity index (χ1) is 7.86. The van der Waals surface area contributed by atoms with E-state index in [-0.39, 0.29) is 6.29 Å². The molecule has 0 radical (unpaired) electrons. The smallest absolute Gasteiger partial charge is 0.218 e. The fourth-order valence-electron chi connectivity index (χ4n) is 0.897. The van der Waals surface area contributed by atoms with Gasteiger partial charge in [0.1, 0.15) is 12.9 Å². The highest BCUT2D eigenvalue weighted by atomic mass is 127. The van der Waals surface area contributed by atoms with E-state index in [0.717, 1.165) is 5.75 Å². The summed E-state index contributed by atoms with van der Waals surface area (Å²) < 4.78 is 13.7. The highest BCUT2D eigenvalue weighted by molar-refractivity contribution is 14.1. The highest BCUT2D eigenvalue weighted by Crippen LogP contribution is 2.09. The van der Waals surface area contributed by atoms with Gasteiger partial charge in [0, 0.05) is 34.9 Å². The van der Waals surface area contributed by atoms with Gasteiger partial charge in [-0.25, -0.2) is 9.97 Å². The van der Waals surface area contributed by atoms with E-state index in [4.69, 9.17) is 9.47 Å². The Morgan fingerprint density at radius 2 is 2.50 bits per heavy atom. The first kappa shape index (κ1) is 13.5. The number of hydrogen-bond donors (Lipinski definition) is 0. The van der Waals surface area contributed by atoms with Crippen LogP contribution in [0, 0.1) is 9.85 Å². The van der Waals surface area contributed by atoms with Gasteiger partial charge in [-0.2, -0.15) is 11.8 Å². The lowest BCUT2D eigenvalue weighted by Crippen LogP contribution is -2.24. The van der Waals surface area contributed by atoms with Gasteiger partial charge in [-0.05, 0) is 10.2 Å². The summed E-state index contributed by atoms with van der Waals surface area (Å²) in [6.45, 7) is 0.360. The summed E-state index contributed by atoms with van der Waals surface area (Å²) in [4.78, 5) is 7.78. The molecule has 1 rings (SSSR count). The van der Waals surface area contributed by atoms with Crippen LogP contribution in [-0.4, -0.2) is 34.9 Å². The fourth-order valence-corrected chi connectivity index (χ4v) is 1.49. The number of aromatic nitrogens is 2. The Kier molecular flexibility index (Phi) is 7.29. The molecule has 0 aliphatic heterocycles. The zero-order valence-corrected chi connectivity index (χ0v) is 11.7. The van der Waals surface area contributed by atoms with Gasteiger partial charge >= 0.3 is 0 Å². The molecule has 1 heterocycles. The van der Waals surface area contributed by atoms with Crippen LogP contribution in [0.3, 0.4) is 0 Å². The Labute approximate surface area is 113 Å². The minimum Gasteiger partial charge on any atom is -0.447 e. The summed E-state index contributed by atoms with van der Waals surface area (Å²) in [5, 5.41) is 0. The van der Waals surface area contributed by atoms with Crippen LogP contribution in [0.5, 0.6) is 5.88 Å². The zero-order chi connectivity index (χ0) is 11.6. The molecule has 0 bridgehead atoms. The van der Waals surface area contributed by atoms with Crippen LogP contribution in [0.1, 0.15) is 0 Å². The second-order valence-electron chi connectivity index (χ2n) is 2.63. The molecule has 0 N–H and O–H groups in total. The second-order valence-corrected chi connectivity index (χ2v) is 4.08. The van der Waals surface area contributed by atoms with Crippen LogP contribution in [-0.2, 0) is 4.74 Å². The van der Waals surface area contributed by atoms with Gasteiger partial charge < -0.3 is 9.47 Å². The molecule has 0 fully saturated rings. The quantitative estimate of drug-likeness (QED) is 0.446. The lowest BCUT2D eigenvalue weighted by Gasteiger charge is -2.16. The average molecular weight is 350 g/mol. The maximum atomic E-state index is 5.54. The van der Waals surface area contributed by atoms with Crippen LogP contribution in [0.15, 0.2) is 18.6 Å². The number of thioether (sulfide) groups is 1. The molecule has 16 heavy (non-hydrogen) atoms. The number of ether oxygens (including phenoxy) is 2. The van der Waals surface area contributed by atoms with E-state index in [1.807, 2.05) is 28.8 Å². The van der Waals surface area contributed by atoms with Crippen LogP contribution < -0.4 is 4.74 Å². The van der Waals surface area contributed by atoms with E-state index >= 15 is 0 Å². The van der Waals surface area contributed by atoms with Crippen molar-refractivity contribution in [2.24, 2.45) is 0 Å². The normalized spacial score (nSPS) is 11.4. The standard InChI is InChI=1S/C10H11IN2O2S/c1-16-7-10(14-6-2-4-11)15-9-3-5-12-8-13-9/h3,5,8,10H,6-7H2,1H3. The van der Waals surface area contributed by atoms with Crippen molar-refractivity contribution in [1.29, 1.82) is 0 Å². The van der Waals surface area contributed by atoms with Gasteiger partial charge in [-0.15, -0.1) is 0 Å². The molecule has 1 aromatic rings. The largest absolute Gasteiger partial charge is 0.447 e. The Balaban J connectivity index is 2.46. The van der Waals surface area contributed by atoms with Crippen molar-refractivity contribution >= 4 is 34.4 Å². The number of rotatable bonds is 6. The summed E-state index contributed by atoms with van der Waals surface area (Å²) in [6, 6.07) is 1.70. The van der Waals surface area contributed by atoms with Gasteiger partial charge in [0.25, 0.3) is 0 Å². The molecule has 1 atom stereocenters. The minimum absolute atomic E-state index is 0.331. The van der Waals surface area contributed by atoms with Crippen LogP contribution in [0.2, 0.25) is 0 Å². The van der Waals surface area contributed by atoms with Gasteiger partial charge in [0.2, 0.25) is 12.2 Å². The van der Waals surface area contributed by atoms with Gasteiger partial charge in [0.15, 0.2) is 0 Å². The van der Waals surface area contributed by atoms with Crippen molar-refractivity contribution in [2.75, 3.05) is 18.6 Å². The SMILES string of the molecule is CSCC(OCC#CI)Oc1ccncn1. The van der Waals surface area contributed by atoms with Crippen molar-refractivity contribution in [2.45, 2.75) is 6.29 Å². The molecule has 0 saturated heterocycles. The molecule has 0 aliphatic carbocycles. The molecule has 6 heteroatoms. The summed E-state index contributed by atoms with van der Waals surface area (Å²) in [6.07, 6.45) is 4.73. The maximum absolute atomic E-state index is 5.54. The molecular formula is C10H11IN2O2S. The molecule has 86 valence electrons. The molecule has 0 aromatic carbocycles. The predicted octanol–water partition coefficient (Wildman–Crippen LogP) is 1.96. The number of hydrogen-bond acceptors (Lipinski definition) is 5. The third-order valence-electron chi connectivity index (χ3n) is 1.52. The van der Waals surface area contributed by atoms with Crippen molar-refractivity contribution < 1.29 is 9.47 Å².